The molecule has 1 unspecified atom stereocenters. The second-order valence-corrected chi connectivity index (χ2v) is 11.0. The first-order chi connectivity index (χ1) is 20.5. The van der Waals surface area contributed by atoms with Gasteiger partial charge in [-0.25, -0.2) is 8.78 Å². The van der Waals surface area contributed by atoms with Gasteiger partial charge in [-0.15, -0.1) is 0 Å². The van der Waals surface area contributed by atoms with Gasteiger partial charge in [0.2, 0.25) is 5.91 Å². The molecule has 0 saturated carbocycles. The highest BCUT2D eigenvalue weighted by atomic mass is 19.4. The maximum Gasteiger partial charge on any atom is 0.416 e. The normalized spacial score (nSPS) is 22.5. The lowest BCUT2D eigenvalue weighted by molar-refractivity contribution is -0.148. The number of benzene rings is 2. The molecule has 2 fully saturated rings. The summed E-state index contributed by atoms with van der Waals surface area (Å²) in [6, 6.07) is 6.93. The fraction of sp³-hybridized carbons (Fsp3) is 0.467. The van der Waals surface area contributed by atoms with Gasteiger partial charge in [0, 0.05) is 62.8 Å². The van der Waals surface area contributed by atoms with E-state index in [9.17, 15) is 31.5 Å². The van der Waals surface area contributed by atoms with Crippen LogP contribution < -0.4 is 20.9 Å². The number of amides is 1. The van der Waals surface area contributed by atoms with Gasteiger partial charge in [-0.1, -0.05) is 12.1 Å². The SMILES string of the molecule is CCOC(=O)C1CCN(c2cc(C(F)(F)F)ccc2CN2C=CNC2NC(=O)[C@@H]2CNC[C@H]2c2ccc(F)cc2F)CC1. The van der Waals surface area contributed by atoms with Crippen molar-refractivity contribution in [3.05, 3.63) is 77.1 Å². The van der Waals surface area contributed by atoms with Crippen LogP contribution in [0.2, 0.25) is 0 Å². The Hall–Kier alpha value is -3.87. The number of hydrogen-bond acceptors (Lipinski definition) is 7. The lowest BCUT2D eigenvalue weighted by Gasteiger charge is -2.35. The molecule has 43 heavy (non-hydrogen) atoms. The number of carbonyl (C=O) groups excluding carboxylic acids is 2. The summed E-state index contributed by atoms with van der Waals surface area (Å²) in [5.74, 6) is -3.47. The zero-order valence-electron chi connectivity index (χ0n) is 23.6. The molecule has 0 aliphatic carbocycles. The van der Waals surface area contributed by atoms with Crippen LogP contribution in [0.25, 0.3) is 0 Å². The second-order valence-electron chi connectivity index (χ2n) is 11.0. The summed E-state index contributed by atoms with van der Waals surface area (Å²) in [6.45, 7) is 3.62. The minimum atomic E-state index is -4.53. The zero-order valence-corrected chi connectivity index (χ0v) is 23.6. The molecule has 8 nitrogen and oxygen atoms in total. The van der Waals surface area contributed by atoms with Gasteiger partial charge in [-0.3, -0.25) is 9.59 Å². The van der Waals surface area contributed by atoms with E-state index in [2.05, 4.69) is 16.0 Å². The highest BCUT2D eigenvalue weighted by Crippen LogP contribution is 2.36. The smallest absolute Gasteiger partial charge is 0.416 e. The van der Waals surface area contributed by atoms with E-state index in [0.717, 1.165) is 24.3 Å². The van der Waals surface area contributed by atoms with Gasteiger partial charge in [0.1, 0.15) is 11.6 Å². The molecule has 0 bridgehead atoms. The van der Waals surface area contributed by atoms with E-state index >= 15 is 0 Å². The molecule has 3 heterocycles. The van der Waals surface area contributed by atoms with Crippen LogP contribution >= 0.6 is 0 Å². The average molecular weight is 608 g/mol. The quantitative estimate of drug-likeness (QED) is 0.309. The van der Waals surface area contributed by atoms with Crippen molar-refractivity contribution in [2.45, 2.75) is 44.7 Å². The van der Waals surface area contributed by atoms with Crippen molar-refractivity contribution in [2.24, 2.45) is 11.8 Å². The minimum Gasteiger partial charge on any atom is -0.466 e. The summed E-state index contributed by atoms with van der Waals surface area (Å²) in [6.07, 6.45) is -0.977. The molecule has 3 aliphatic rings. The Bertz CT molecular complexity index is 1360. The van der Waals surface area contributed by atoms with Gasteiger partial charge < -0.3 is 30.5 Å². The van der Waals surface area contributed by atoms with Crippen molar-refractivity contribution in [2.75, 3.05) is 37.7 Å². The van der Waals surface area contributed by atoms with E-state index in [-0.39, 0.29) is 36.5 Å². The molecule has 0 radical (unpaired) electrons. The van der Waals surface area contributed by atoms with Crippen LogP contribution in [0.3, 0.4) is 0 Å². The molecule has 3 aliphatic heterocycles. The number of rotatable bonds is 8. The van der Waals surface area contributed by atoms with Gasteiger partial charge in [0.25, 0.3) is 0 Å². The first-order valence-corrected chi connectivity index (χ1v) is 14.3. The van der Waals surface area contributed by atoms with Crippen molar-refractivity contribution in [1.82, 2.24) is 20.9 Å². The number of carbonyl (C=O) groups is 2. The number of ether oxygens (including phenoxy) is 1. The number of nitrogens with zero attached hydrogens (tertiary/aromatic N) is 2. The molecule has 5 rings (SSSR count). The molecular formula is C30H34F5N5O3. The lowest BCUT2D eigenvalue weighted by Crippen LogP contribution is -2.52. The summed E-state index contributed by atoms with van der Waals surface area (Å²) >= 11 is 0. The molecular weight excluding hydrogens is 573 g/mol. The Morgan fingerprint density at radius 2 is 1.84 bits per heavy atom. The summed E-state index contributed by atoms with van der Waals surface area (Å²) < 4.78 is 74.1. The summed E-state index contributed by atoms with van der Waals surface area (Å²) in [5.41, 5.74) is 0.506. The molecule has 0 spiro atoms. The number of piperidine rings is 1. The molecule has 3 N–H and O–H groups in total. The van der Waals surface area contributed by atoms with Crippen molar-refractivity contribution in [3.63, 3.8) is 0 Å². The van der Waals surface area contributed by atoms with Crippen LogP contribution in [0.1, 0.15) is 42.4 Å². The maximum absolute atomic E-state index is 14.5. The maximum atomic E-state index is 14.5. The summed E-state index contributed by atoms with van der Waals surface area (Å²) in [7, 11) is 0. The third-order valence-electron chi connectivity index (χ3n) is 8.26. The van der Waals surface area contributed by atoms with Crippen LogP contribution in [0.4, 0.5) is 27.6 Å². The van der Waals surface area contributed by atoms with E-state index in [1.54, 1.807) is 24.2 Å². The number of esters is 1. The van der Waals surface area contributed by atoms with E-state index in [1.807, 2.05) is 4.90 Å². The second kappa shape index (κ2) is 12.8. The number of halogens is 5. The summed E-state index contributed by atoms with van der Waals surface area (Å²) in [4.78, 5) is 29.2. The molecule has 2 aromatic carbocycles. The fourth-order valence-corrected chi connectivity index (χ4v) is 5.99. The molecule has 3 atom stereocenters. The largest absolute Gasteiger partial charge is 0.466 e. The predicted octanol–water partition coefficient (Wildman–Crippen LogP) is 4.04. The van der Waals surface area contributed by atoms with Gasteiger partial charge >= 0.3 is 12.1 Å². The first kappa shape index (κ1) is 30.6. The third kappa shape index (κ3) is 6.87. The van der Waals surface area contributed by atoms with Crippen LogP contribution in [-0.2, 0) is 27.0 Å². The predicted molar refractivity (Wildman–Crippen MR) is 148 cm³/mol. The Morgan fingerprint density at radius 3 is 2.53 bits per heavy atom. The topological polar surface area (TPSA) is 85.9 Å². The van der Waals surface area contributed by atoms with Crippen LogP contribution in [0.5, 0.6) is 0 Å². The van der Waals surface area contributed by atoms with Crippen LogP contribution in [-0.4, -0.2) is 55.9 Å². The van der Waals surface area contributed by atoms with Gasteiger partial charge in [0.05, 0.1) is 24.0 Å². The number of anilines is 1. The third-order valence-corrected chi connectivity index (χ3v) is 8.26. The summed E-state index contributed by atoms with van der Waals surface area (Å²) in [5, 5.41) is 9.06. The first-order valence-electron chi connectivity index (χ1n) is 14.3. The number of hydrogen-bond donors (Lipinski definition) is 3. The minimum absolute atomic E-state index is 0.179. The van der Waals surface area contributed by atoms with E-state index in [4.69, 9.17) is 4.74 Å². The molecule has 2 saturated heterocycles. The van der Waals surface area contributed by atoms with Crippen molar-refractivity contribution >= 4 is 17.6 Å². The standard InChI is InChI=1S/C30H34F5N5O3/c1-2-43-28(42)18-7-10-39(11-8-18)26-13-20(30(33,34)35)4-3-19(26)17-40-12-9-37-29(40)38-27(41)24-16-36-15-23(24)22-6-5-21(31)14-25(22)32/h3-6,9,12-14,18,23-24,29,36-37H,2,7-8,10-11,15-17H2,1H3,(H,38,41)/t23-,24+,29?/m0/s1. The number of nitrogens with one attached hydrogen (secondary N) is 3. The van der Waals surface area contributed by atoms with Gasteiger partial charge in [0.15, 0.2) is 6.29 Å². The average Bonchev–Trinajstić information content (AvgIpc) is 3.63. The highest BCUT2D eigenvalue weighted by Gasteiger charge is 2.38. The fourth-order valence-electron chi connectivity index (χ4n) is 5.99. The van der Waals surface area contributed by atoms with Crippen molar-refractivity contribution in [3.8, 4) is 0 Å². The molecule has 2 aromatic rings. The molecule has 232 valence electrons. The van der Waals surface area contributed by atoms with Crippen molar-refractivity contribution in [1.29, 1.82) is 0 Å². The zero-order chi connectivity index (χ0) is 30.7. The Kier molecular flexibility index (Phi) is 9.09. The van der Waals surface area contributed by atoms with Gasteiger partial charge in [-0.2, -0.15) is 13.2 Å². The van der Waals surface area contributed by atoms with E-state index < -0.39 is 41.5 Å². The van der Waals surface area contributed by atoms with E-state index in [0.29, 0.717) is 50.3 Å². The van der Waals surface area contributed by atoms with Crippen LogP contribution in [0, 0.1) is 23.5 Å². The highest BCUT2D eigenvalue weighted by molar-refractivity contribution is 5.81. The Labute approximate surface area is 246 Å². The lowest BCUT2D eigenvalue weighted by atomic mass is 9.88. The van der Waals surface area contributed by atoms with Gasteiger partial charge in [-0.05, 0) is 49.1 Å². The van der Waals surface area contributed by atoms with Crippen LogP contribution in [0.15, 0.2) is 48.8 Å². The number of alkyl halides is 3. The molecule has 13 heteroatoms. The van der Waals surface area contributed by atoms with E-state index in [1.165, 1.54) is 12.1 Å². The van der Waals surface area contributed by atoms with Crippen molar-refractivity contribution < 1.29 is 36.3 Å². The Balaban J connectivity index is 1.30. The molecule has 0 aromatic heterocycles. The molecule has 1 amide bonds. The monoisotopic (exact) mass is 607 g/mol. The Morgan fingerprint density at radius 1 is 1.07 bits per heavy atom.